The molecule has 1 aromatic rings. The molecule has 0 bridgehead atoms. The molecule has 0 fully saturated rings. The third kappa shape index (κ3) is 6.54. The van der Waals surface area contributed by atoms with Crippen molar-refractivity contribution in [2.24, 2.45) is 11.7 Å². The van der Waals surface area contributed by atoms with E-state index in [1.165, 1.54) is 11.9 Å². The smallest absolute Gasteiger partial charge is 0.243 e. The van der Waals surface area contributed by atoms with Crippen LogP contribution in [0.25, 0.3) is 0 Å². The molecule has 7 heteroatoms. The van der Waals surface area contributed by atoms with E-state index in [1.807, 2.05) is 45.0 Å². The maximum atomic E-state index is 12.1. The number of carbonyl (C=O) groups is 3. The summed E-state index contributed by atoms with van der Waals surface area (Å²) in [4.78, 5) is 37.2. The Morgan fingerprint density at radius 1 is 1.20 bits per heavy atom. The number of amides is 3. The minimum atomic E-state index is -0.660. The molecule has 1 rings (SSSR count). The minimum absolute atomic E-state index is 0.0164. The van der Waals surface area contributed by atoms with Crippen molar-refractivity contribution in [3.8, 4) is 0 Å². The Kier molecular flexibility index (Phi) is 8.07. The molecule has 4 N–H and O–H groups in total. The van der Waals surface area contributed by atoms with Gasteiger partial charge in [0.05, 0.1) is 19.1 Å². The topological polar surface area (TPSA) is 105 Å². The van der Waals surface area contributed by atoms with Crippen molar-refractivity contribution < 1.29 is 14.4 Å². The Morgan fingerprint density at radius 2 is 1.84 bits per heavy atom. The van der Waals surface area contributed by atoms with Gasteiger partial charge in [-0.05, 0) is 24.0 Å². The van der Waals surface area contributed by atoms with Crippen LogP contribution in [0.2, 0.25) is 0 Å². The molecular weight excluding hydrogens is 320 g/mol. The highest BCUT2D eigenvalue weighted by Gasteiger charge is 2.19. The summed E-state index contributed by atoms with van der Waals surface area (Å²) in [6, 6.07) is 6.86. The first kappa shape index (κ1) is 20.6. The van der Waals surface area contributed by atoms with Crippen LogP contribution in [0.1, 0.15) is 26.3 Å². The van der Waals surface area contributed by atoms with E-state index >= 15 is 0 Å². The van der Waals surface area contributed by atoms with Gasteiger partial charge in [0.15, 0.2) is 0 Å². The van der Waals surface area contributed by atoms with Crippen molar-refractivity contribution in [1.82, 2.24) is 10.2 Å². The van der Waals surface area contributed by atoms with Gasteiger partial charge in [-0.3, -0.25) is 14.4 Å². The van der Waals surface area contributed by atoms with Crippen LogP contribution in [0.5, 0.6) is 0 Å². The molecule has 1 atom stereocenters. The molecule has 0 aliphatic heterocycles. The number of nitrogens with zero attached hydrogens (tertiary/aromatic N) is 1. The van der Waals surface area contributed by atoms with Crippen LogP contribution in [0.3, 0.4) is 0 Å². The van der Waals surface area contributed by atoms with E-state index in [9.17, 15) is 14.4 Å². The molecular formula is C18H28N4O3. The second-order valence-corrected chi connectivity index (χ2v) is 6.30. The van der Waals surface area contributed by atoms with Crippen molar-refractivity contribution in [3.05, 3.63) is 29.8 Å². The van der Waals surface area contributed by atoms with Gasteiger partial charge in [0.1, 0.15) is 0 Å². The second kappa shape index (κ2) is 9.78. The van der Waals surface area contributed by atoms with Crippen LogP contribution >= 0.6 is 0 Å². The number of rotatable bonds is 8. The number of anilines is 1. The van der Waals surface area contributed by atoms with Gasteiger partial charge in [0.2, 0.25) is 17.7 Å². The van der Waals surface area contributed by atoms with Crippen molar-refractivity contribution in [2.75, 3.05) is 25.5 Å². The Bertz CT molecular complexity index is 616. The summed E-state index contributed by atoms with van der Waals surface area (Å²) in [5.74, 6) is -1.04. The lowest BCUT2D eigenvalue weighted by Crippen LogP contribution is -2.48. The van der Waals surface area contributed by atoms with Gasteiger partial charge in [-0.2, -0.15) is 0 Å². The quantitative estimate of drug-likeness (QED) is 0.644. The minimum Gasteiger partial charge on any atom is -0.346 e. The third-order valence-corrected chi connectivity index (χ3v) is 3.91. The fourth-order valence-electron chi connectivity index (χ4n) is 2.16. The predicted octanol–water partition coefficient (Wildman–Crippen LogP) is 0.745. The molecule has 7 nitrogen and oxygen atoms in total. The third-order valence-electron chi connectivity index (χ3n) is 3.91. The molecule has 0 saturated carbocycles. The molecule has 0 radical (unpaired) electrons. The predicted molar refractivity (Wildman–Crippen MR) is 97.9 cm³/mol. The summed E-state index contributed by atoms with van der Waals surface area (Å²) in [5.41, 5.74) is 7.49. The van der Waals surface area contributed by atoms with E-state index in [4.69, 9.17) is 5.73 Å². The highest BCUT2D eigenvalue weighted by Crippen LogP contribution is 2.15. The largest absolute Gasteiger partial charge is 0.346 e. The Morgan fingerprint density at radius 3 is 2.44 bits per heavy atom. The Labute approximate surface area is 148 Å². The lowest BCUT2D eigenvalue weighted by Gasteiger charge is -2.19. The van der Waals surface area contributed by atoms with E-state index in [0.29, 0.717) is 0 Å². The van der Waals surface area contributed by atoms with Crippen LogP contribution in [-0.4, -0.2) is 48.8 Å². The lowest BCUT2D eigenvalue weighted by atomic mass is 10.1. The number of likely N-dealkylation sites (N-methyl/N-ethyl adjacent to an activating group) is 1. The number of nitrogens with two attached hydrogens (primary N) is 1. The fraction of sp³-hybridized carbons (Fsp3) is 0.500. The Balaban J connectivity index is 2.49. The molecule has 3 amide bonds. The monoisotopic (exact) mass is 348 g/mol. The summed E-state index contributed by atoms with van der Waals surface area (Å²) in [7, 11) is 1.52. The van der Waals surface area contributed by atoms with E-state index in [-0.39, 0.29) is 36.7 Å². The molecule has 0 aliphatic rings. The summed E-state index contributed by atoms with van der Waals surface area (Å²) in [5, 5.41) is 5.30. The molecule has 0 saturated heterocycles. The van der Waals surface area contributed by atoms with Crippen molar-refractivity contribution in [2.45, 2.75) is 33.2 Å². The first-order valence-corrected chi connectivity index (χ1v) is 8.41. The fourth-order valence-corrected chi connectivity index (χ4v) is 2.16. The number of hydrogen-bond donors (Lipinski definition) is 3. The van der Waals surface area contributed by atoms with Gasteiger partial charge in [0, 0.05) is 12.7 Å². The van der Waals surface area contributed by atoms with Crippen LogP contribution < -0.4 is 16.4 Å². The highest BCUT2D eigenvalue weighted by molar-refractivity contribution is 5.95. The molecule has 0 heterocycles. The van der Waals surface area contributed by atoms with Gasteiger partial charge < -0.3 is 21.3 Å². The van der Waals surface area contributed by atoms with E-state index in [0.717, 1.165) is 17.7 Å². The Hall–Kier alpha value is -2.41. The molecule has 0 unspecified atom stereocenters. The lowest BCUT2D eigenvalue weighted by molar-refractivity contribution is -0.134. The van der Waals surface area contributed by atoms with Crippen LogP contribution in [0.15, 0.2) is 24.3 Å². The van der Waals surface area contributed by atoms with Gasteiger partial charge in [-0.15, -0.1) is 0 Å². The van der Waals surface area contributed by atoms with Crippen LogP contribution in [0.4, 0.5) is 5.69 Å². The van der Waals surface area contributed by atoms with Gasteiger partial charge in [-0.1, -0.05) is 39.0 Å². The molecule has 0 spiro atoms. The van der Waals surface area contributed by atoms with Crippen LogP contribution in [0, 0.1) is 5.92 Å². The van der Waals surface area contributed by atoms with Gasteiger partial charge >= 0.3 is 0 Å². The average molecular weight is 348 g/mol. The summed E-state index contributed by atoms with van der Waals surface area (Å²) in [6.45, 7) is 5.39. The zero-order valence-electron chi connectivity index (χ0n) is 15.3. The van der Waals surface area contributed by atoms with E-state index < -0.39 is 6.04 Å². The number of carbonyl (C=O) groups excluding carboxylic acids is 3. The van der Waals surface area contributed by atoms with E-state index in [1.54, 1.807) is 0 Å². The normalized spacial score (nSPS) is 11.8. The second-order valence-electron chi connectivity index (χ2n) is 6.30. The first-order valence-electron chi connectivity index (χ1n) is 8.41. The molecule has 25 heavy (non-hydrogen) atoms. The molecule has 138 valence electrons. The maximum Gasteiger partial charge on any atom is 0.243 e. The van der Waals surface area contributed by atoms with Crippen LogP contribution in [-0.2, 0) is 20.8 Å². The SMILES string of the molecule is CCc1ccccc1NC(=O)CN(C)C(=O)CNC(=O)[C@@H](N)C(C)C. The number of aryl methyl sites for hydroxylation is 1. The maximum absolute atomic E-state index is 12.1. The standard InChI is InChI=1S/C18H28N4O3/c1-5-13-8-6-7-9-14(13)21-15(23)11-22(4)16(24)10-20-18(25)17(19)12(2)3/h6-9,12,17H,5,10-11,19H2,1-4H3,(H,20,25)(H,21,23)/t17-/m0/s1. The van der Waals surface area contributed by atoms with Crippen molar-refractivity contribution in [3.63, 3.8) is 0 Å². The van der Waals surface area contributed by atoms with Crippen molar-refractivity contribution in [1.29, 1.82) is 0 Å². The summed E-state index contributed by atoms with van der Waals surface area (Å²) in [6.07, 6.45) is 0.799. The molecule has 0 aromatic heterocycles. The average Bonchev–Trinajstić information content (AvgIpc) is 2.58. The first-order chi connectivity index (χ1) is 11.8. The number of benzene rings is 1. The molecule has 1 aromatic carbocycles. The number of para-hydroxylation sites is 1. The highest BCUT2D eigenvalue weighted by atomic mass is 16.2. The van der Waals surface area contributed by atoms with Gasteiger partial charge in [0.25, 0.3) is 0 Å². The van der Waals surface area contributed by atoms with E-state index in [2.05, 4.69) is 10.6 Å². The summed E-state index contributed by atoms with van der Waals surface area (Å²) >= 11 is 0. The van der Waals surface area contributed by atoms with Crippen molar-refractivity contribution >= 4 is 23.4 Å². The zero-order valence-corrected chi connectivity index (χ0v) is 15.3. The number of nitrogens with one attached hydrogen (secondary N) is 2. The molecule has 0 aliphatic carbocycles. The van der Waals surface area contributed by atoms with Gasteiger partial charge in [-0.25, -0.2) is 0 Å². The summed E-state index contributed by atoms with van der Waals surface area (Å²) < 4.78 is 0. The zero-order chi connectivity index (χ0) is 19.0. The number of hydrogen-bond acceptors (Lipinski definition) is 4.